The third kappa shape index (κ3) is 7.08. The number of aryl methyl sites for hydroxylation is 2. The van der Waals surface area contributed by atoms with E-state index in [0.29, 0.717) is 34.4 Å². The molecule has 0 fully saturated rings. The van der Waals surface area contributed by atoms with Crippen LogP contribution in [0.15, 0.2) is 65.8 Å². The number of halogens is 1. The monoisotopic (exact) mass is 479 g/mol. The molecule has 34 heavy (non-hydrogen) atoms. The highest BCUT2D eigenvalue weighted by Gasteiger charge is 2.11. The normalized spacial score (nSPS) is 10.7. The molecular weight excluding hydrogens is 454 g/mol. The Hall–Kier alpha value is -3.84. The third-order valence-electron chi connectivity index (χ3n) is 4.91. The van der Waals surface area contributed by atoms with E-state index in [0.717, 1.165) is 16.7 Å². The Kier molecular flexibility index (Phi) is 8.65. The fourth-order valence-electron chi connectivity index (χ4n) is 3.17. The van der Waals surface area contributed by atoms with E-state index in [1.165, 1.54) is 13.3 Å². The zero-order chi connectivity index (χ0) is 24.5. The molecule has 3 aromatic rings. The van der Waals surface area contributed by atoms with Gasteiger partial charge in [0.25, 0.3) is 0 Å². The average Bonchev–Trinajstić information content (AvgIpc) is 2.80. The predicted molar refractivity (Wildman–Crippen MR) is 134 cm³/mol. The molecule has 0 aliphatic rings. The van der Waals surface area contributed by atoms with Crippen molar-refractivity contribution >= 4 is 35.3 Å². The van der Waals surface area contributed by atoms with Gasteiger partial charge in [0.1, 0.15) is 13.0 Å². The number of methoxy groups -OCH3 is 1. The lowest BCUT2D eigenvalue weighted by atomic mass is 10.1. The Morgan fingerprint density at radius 2 is 1.79 bits per heavy atom. The number of hydrogen-bond donors (Lipinski definition) is 2. The number of hydrazone groups is 1. The zero-order valence-electron chi connectivity index (χ0n) is 19.2. The van der Waals surface area contributed by atoms with Gasteiger partial charge in [-0.1, -0.05) is 47.5 Å². The van der Waals surface area contributed by atoms with Gasteiger partial charge in [-0.25, -0.2) is 5.43 Å². The van der Waals surface area contributed by atoms with Gasteiger partial charge in [-0.3, -0.25) is 9.59 Å². The summed E-state index contributed by atoms with van der Waals surface area (Å²) in [6.07, 6.45) is 1.11. The smallest absolute Gasteiger partial charge is 0.249 e. The van der Waals surface area contributed by atoms with Crippen LogP contribution in [0.3, 0.4) is 0 Å². The lowest BCUT2D eigenvalue weighted by Gasteiger charge is -2.12. The summed E-state index contributed by atoms with van der Waals surface area (Å²) in [5.74, 6) is 0.119. The van der Waals surface area contributed by atoms with E-state index in [1.807, 2.05) is 50.2 Å². The van der Waals surface area contributed by atoms with Crippen molar-refractivity contribution in [3.05, 3.63) is 87.9 Å². The van der Waals surface area contributed by atoms with Gasteiger partial charge in [0.05, 0.1) is 13.3 Å². The largest absolute Gasteiger partial charge is 0.493 e. The molecule has 176 valence electrons. The molecule has 3 rings (SSSR count). The number of benzene rings is 3. The molecule has 0 aliphatic heterocycles. The van der Waals surface area contributed by atoms with Crippen LogP contribution in [0.2, 0.25) is 5.02 Å². The van der Waals surface area contributed by atoms with Gasteiger partial charge in [0, 0.05) is 16.3 Å². The topological polar surface area (TPSA) is 89.0 Å². The Morgan fingerprint density at radius 3 is 2.53 bits per heavy atom. The van der Waals surface area contributed by atoms with Crippen LogP contribution in [0, 0.1) is 13.8 Å². The fraction of sp³-hybridized carbons (Fsp3) is 0.192. The first-order valence-electron chi connectivity index (χ1n) is 10.6. The van der Waals surface area contributed by atoms with E-state index in [1.54, 1.807) is 24.3 Å². The summed E-state index contributed by atoms with van der Waals surface area (Å²) >= 11 is 6.17. The minimum atomic E-state index is -0.523. The van der Waals surface area contributed by atoms with E-state index in [2.05, 4.69) is 15.8 Å². The highest BCUT2D eigenvalue weighted by Crippen LogP contribution is 2.29. The van der Waals surface area contributed by atoms with Gasteiger partial charge in [0.15, 0.2) is 11.5 Å². The van der Waals surface area contributed by atoms with E-state index in [4.69, 9.17) is 21.1 Å². The van der Waals surface area contributed by atoms with Crippen LogP contribution in [-0.2, 0) is 16.2 Å². The molecule has 7 nitrogen and oxygen atoms in total. The van der Waals surface area contributed by atoms with Crippen molar-refractivity contribution in [2.45, 2.75) is 26.9 Å². The van der Waals surface area contributed by atoms with Crippen molar-refractivity contribution in [3.63, 3.8) is 0 Å². The van der Waals surface area contributed by atoms with Gasteiger partial charge < -0.3 is 14.8 Å². The molecule has 0 atom stereocenters. The molecule has 0 unspecified atom stereocenters. The van der Waals surface area contributed by atoms with Crippen molar-refractivity contribution in [1.29, 1.82) is 0 Å². The van der Waals surface area contributed by atoms with Crippen molar-refractivity contribution in [3.8, 4) is 11.5 Å². The van der Waals surface area contributed by atoms with Gasteiger partial charge >= 0.3 is 0 Å². The molecule has 0 saturated heterocycles. The minimum absolute atomic E-state index is 0.295. The first-order chi connectivity index (χ1) is 16.4. The van der Waals surface area contributed by atoms with Crippen molar-refractivity contribution in [2.75, 3.05) is 12.4 Å². The highest BCUT2D eigenvalue weighted by molar-refractivity contribution is 6.31. The average molecular weight is 480 g/mol. The molecule has 0 saturated carbocycles. The third-order valence-corrected chi connectivity index (χ3v) is 5.28. The lowest BCUT2D eigenvalue weighted by molar-refractivity contribution is -0.126. The molecule has 2 amide bonds. The van der Waals surface area contributed by atoms with Gasteiger partial charge in [-0.15, -0.1) is 0 Å². The number of ether oxygens (including phenoxy) is 2. The summed E-state index contributed by atoms with van der Waals surface area (Å²) in [6, 6.07) is 18.4. The Balaban J connectivity index is 1.52. The molecule has 0 heterocycles. The molecule has 0 radical (unpaired) electrons. The number of anilines is 1. The van der Waals surface area contributed by atoms with E-state index in [-0.39, 0.29) is 6.42 Å². The van der Waals surface area contributed by atoms with Gasteiger partial charge in [-0.2, -0.15) is 5.10 Å². The van der Waals surface area contributed by atoms with Crippen LogP contribution >= 0.6 is 11.6 Å². The second-order valence-corrected chi connectivity index (χ2v) is 8.03. The van der Waals surface area contributed by atoms with Crippen molar-refractivity contribution < 1.29 is 19.1 Å². The number of nitrogens with zero attached hydrogens (tertiary/aromatic N) is 1. The summed E-state index contributed by atoms with van der Waals surface area (Å²) in [4.78, 5) is 24.2. The summed E-state index contributed by atoms with van der Waals surface area (Å²) in [5, 5.41) is 7.29. The first kappa shape index (κ1) is 24.8. The molecule has 0 spiro atoms. The summed E-state index contributed by atoms with van der Waals surface area (Å²) in [7, 11) is 1.54. The van der Waals surface area contributed by atoms with Crippen LogP contribution in [0.4, 0.5) is 5.69 Å². The van der Waals surface area contributed by atoms with E-state index in [9.17, 15) is 9.59 Å². The molecule has 0 bridgehead atoms. The van der Waals surface area contributed by atoms with Crippen LogP contribution in [0.1, 0.15) is 28.7 Å². The van der Waals surface area contributed by atoms with Gasteiger partial charge in [-0.05, 0) is 55.3 Å². The molecule has 0 aliphatic carbocycles. The molecule has 8 heteroatoms. The summed E-state index contributed by atoms with van der Waals surface area (Å²) in [6.45, 7) is 4.17. The maximum absolute atomic E-state index is 12.1. The number of nitrogens with one attached hydrogen (secondary N) is 2. The predicted octanol–water partition coefficient (Wildman–Crippen LogP) is 5.02. The number of hydrogen-bond acceptors (Lipinski definition) is 5. The van der Waals surface area contributed by atoms with Gasteiger partial charge in [0.2, 0.25) is 11.8 Å². The molecule has 0 aromatic heterocycles. The number of carbonyl (C=O) groups is 2. The second kappa shape index (κ2) is 11.9. The Bertz CT molecular complexity index is 1210. The zero-order valence-corrected chi connectivity index (χ0v) is 20.0. The fourth-order valence-corrected chi connectivity index (χ4v) is 3.36. The SMILES string of the molecule is COc1cc(C=NNC(=O)CC(=O)Nc2ccc(C)cc2C)ccc1OCc1ccccc1Cl. The van der Waals surface area contributed by atoms with Crippen LogP contribution < -0.4 is 20.2 Å². The van der Waals surface area contributed by atoms with Crippen LogP contribution in [-0.4, -0.2) is 25.1 Å². The molecule has 3 aromatic carbocycles. The lowest BCUT2D eigenvalue weighted by Crippen LogP contribution is -2.24. The summed E-state index contributed by atoms with van der Waals surface area (Å²) < 4.78 is 11.2. The highest BCUT2D eigenvalue weighted by atomic mass is 35.5. The maximum atomic E-state index is 12.1. The Morgan fingerprint density at radius 1 is 1.00 bits per heavy atom. The van der Waals surface area contributed by atoms with E-state index < -0.39 is 11.8 Å². The maximum Gasteiger partial charge on any atom is 0.249 e. The van der Waals surface area contributed by atoms with Crippen molar-refractivity contribution in [1.82, 2.24) is 5.43 Å². The molecule has 2 N–H and O–H groups in total. The number of amides is 2. The molecular formula is C26H26ClN3O4. The Labute approximate surface area is 203 Å². The van der Waals surface area contributed by atoms with Crippen LogP contribution in [0.25, 0.3) is 0 Å². The number of rotatable bonds is 9. The van der Waals surface area contributed by atoms with Crippen molar-refractivity contribution in [2.24, 2.45) is 5.10 Å². The van der Waals surface area contributed by atoms with E-state index >= 15 is 0 Å². The summed E-state index contributed by atoms with van der Waals surface area (Å²) in [5.41, 5.74) is 6.61. The van der Waals surface area contributed by atoms with Crippen LogP contribution in [0.5, 0.6) is 11.5 Å². The second-order valence-electron chi connectivity index (χ2n) is 7.63. The number of carbonyl (C=O) groups excluding carboxylic acids is 2. The minimum Gasteiger partial charge on any atom is -0.493 e. The first-order valence-corrected chi connectivity index (χ1v) is 11.0. The standard InChI is InChI=1S/C26H26ClN3O4/c1-17-8-10-22(18(2)12-17)29-25(31)14-26(32)30-28-15-19-9-11-23(24(13-19)33-3)34-16-20-6-4-5-7-21(20)27/h4-13,15H,14,16H2,1-3H3,(H,29,31)(H,30,32). The quantitative estimate of drug-likeness (QED) is 0.256.